The molecule has 0 spiro atoms. The molecule has 1 N–H and O–H groups in total. The molecular formula is C14H17NO4S. The van der Waals surface area contributed by atoms with Crippen molar-refractivity contribution in [3.8, 4) is 0 Å². The Labute approximate surface area is 121 Å². The Balaban J connectivity index is 2.04. The van der Waals surface area contributed by atoms with Crippen LogP contribution in [0.3, 0.4) is 0 Å². The van der Waals surface area contributed by atoms with E-state index in [9.17, 15) is 9.59 Å². The molecule has 1 aliphatic heterocycles. The van der Waals surface area contributed by atoms with Crippen LogP contribution >= 0.6 is 11.3 Å². The molecule has 1 aromatic rings. The Hall–Kier alpha value is -1.66. The van der Waals surface area contributed by atoms with E-state index in [2.05, 4.69) is 0 Å². The van der Waals surface area contributed by atoms with E-state index in [0.717, 1.165) is 10.4 Å². The van der Waals surface area contributed by atoms with Gasteiger partial charge < -0.3 is 14.7 Å². The molecule has 1 atom stereocenters. The first-order valence-electron chi connectivity index (χ1n) is 6.40. The topological polar surface area (TPSA) is 66.8 Å². The van der Waals surface area contributed by atoms with Crippen LogP contribution in [0.1, 0.15) is 16.9 Å². The lowest BCUT2D eigenvalue weighted by Gasteiger charge is -2.34. The molecule has 2 rings (SSSR count). The summed E-state index contributed by atoms with van der Waals surface area (Å²) in [5.41, 5.74) is 1.13. The van der Waals surface area contributed by atoms with Gasteiger partial charge in [-0.2, -0.15) is 0 Å². The number of thiophene rings is 1. The van der Waals surface area contributed by atoms with Crippen molar-refractivity contribution in [1.29, 1.82) is 0 Å². The van der Waals surface area contributed by atoms with Crippen molar-refractivity contribution in [2.24, 2.45) is 0 Å². The van der Waals surface area contributed by atoms with E-state index in [4.69, 9.17) is 9.84 Å². The Morgan fingerprint density at radius 2 is 2.40 bits per heavy atom. The summed E-state index contributed by atoms with van der Waals surface area (Å²) in [6.07, 6.45) is 3.21. The molecule has 0 bridgehead atoms. The Kier molecular flexibility index (Phi) is 4.92. The second kappa shape index (κ2) is 6.67. The molecule has 1 saturated heterocycles. The number of hydrogen-bond acceptors (Lipinski definition) is 4. The highest BCUT2D eigenvalue weighted by molar-refractivity contribution is 7.11. The Bertz CT molecular complexity index is 523. The summed E-state index contributed by atoms with van der Waals surface area (Å²) in [6.45, 7) is 3.16. The van der Waals surface area contributed by atoms with Gasteiger partial charge in [0, 0.05) is 17.5 Å². The van der Waals surface area contributed by atoms with Gasteiger partial charge in [-0.25, -0.2) is 0 Å². The van der Waals surface area contributed by atoms with Crippen molar-refractivity contribution in [2.45, 2.75) is 19.4 Å². The van der Waals surface area contributed by atoms with Gasteiger partial charge in [0.1, 0.15) is 0 Å². The number of amides is 1. The minimum atomic E-state index is -0.920. The Morgan fingerprint density at radius 1 is 1.60 bits per heavy atom. The van der Waals surface area contributed by atoms with Crippen molar-refractivity contribution in [3.63, 3.8) is 0 Å². The van der Waals surface area contributed by atoms with Crippen LogP contribution in [0.2, 0.25) is 0 Å². The normalized spacial score (nSPS) is 19.4. The van der Waals surface area contributed by atoms with Crippen LogP contribution in [-0.2, 0) is 14.3 Å². The van der Waals surface area contributed by atoms with Crippen LogP contribution in [0.15, 0.2) is 17.5 Å². The zero-order chi connectivity index (χ0) is 14.5. The van der Waals surface area contributed by atoms with E-state index in [1.165, 1.54) is 6.08 Å². The second-order valence-electron chi connectivity index (χ2n) is 4.66. The van der Waals surface area contributed by atoms with Gasteiger partial charge in [0.05, 0.1) is 25.7 Å². The number of aliphatic carboxylic acids is 1. The summed E-state index contributed by atoms with van der Waals surface area (Å²) >= 11 is 1.57. The van der Waals surface area contributed by atoms with Gasteiger partial charge in [0.2, 0.25) is 5.91 Å². The number of morpholine rings is 1. The SMILES string of the molecule is Cc1ccsc1/C=C/C(=O)N1CCOCC1CC(=O)O. The van der Waals surface area contributed by atoms with E-state index in [1.807, 2.05) is 18.4 Å². The van der Waals surface area contributed by atoms with Crippen LogP contribution in [0, 0.1) is 6.92 Å². The maximum absolute atomic E-state index is 12.2. The van der Waals surface area contributed by atoms with Gasteiger partial charge >= 0.3 is 5.97 Å². The van der Waals surface area contributed by atoms with Crippen molar-refractivity contribution in [1.82, 2.24) is 4.90 Å². The quantitative estimate of drug-likeness (QED) is 0.860. The maximum Gasteiger partial charge on any atom is 0.305 e. The number of nitrogens with zero attached hydrogens (tertiary/aromatic N) is 1. The summed E-state index contributed by atoms with van der Waals surface area (Å²) in [5.74, 6) is -1.08. The summed E-state index contributed by atoms with van der Waals surface area (Å²) < 4.78 is 5.25. The standard InChI is InChI=1S/C14H17NO4S/c1-10-4-7-20-12(10)2-3-13(16)15-5-6-19-9-11(15)8-14(17)18/h2-4,7,11H,5-6,8-9H2,1H3,(H,17,18)/b3-2+. The number of hydrogen-bond donors (Lipinski definition) is 1. The van der Waals surface area contributed by atoms with Crippen molar-refractivity contribution in [2.75, 3.05) is 19.8 Å². The highest BCUT2D eigenvalue weighted by atomic mass is 32.1. The zero-order valence-corrected chi connectivity index (χ0v) is 12.1. The van der Waals surface area contributed by atoms with E-state index < -0.39 is 5.97 Å². The molecule has 1 amide bonds. The molecule has 108 valence electrons. The van der Waals surface area contributed by atoms with Gasteiger partial charge in [-0.1, -0.05) is 0 Å². The number of carboxylic acids is 1. The molecular weight excluding hydrogens is 278 g/mol. The number of carboxylic acid groups (broad SMARTS) is 1. The molecule has 0 saturated carbocycles. The average molecular weight is 295 g/mol. The molecule has 0 aliphatic carbocycles. The summed E-state index contributed by atoms with van der Waals surface area (Å²) in [5, 5.41) is 10.8. The minimum Gasteiger partial charge on any atom is -0.481 e. The van der Waals surface area contributed by atoms with E-state index in [1.54, 1.807) is 22.3 Å². The van der Waals surface area contributed by atoms with E-state index in [0.29, 0.717) is 13.2 Å². The lowest BCUT2D eigenvalue weighted by Crippen LogP contribution is -2.49. The van der Waals surface area contributed by atoms with Gasteiger partial charge in [-0.05, 0) is 30.0 Å². The predicted molar refractivity (Wildman–Crippen MR) is 76.7 cm³/mol. The maximum atomic E-state index is 12.2. The van der Waals surface area contributed by atoms with Crippen LogP contribution in [0.5, 0.6) is 0 Å². The van der Waals surface area contributed by atoms with Crippen LogP contribution in [-0.4, -0.2) is 47.7 Å². The van der Waals surface area contributed by atoms with Crippen molar-refractivity contribution >= 4 is 29.3 Å². The van der Waals surface area contributed by atoms with Crippen molar-refractivity contribution < 1.29 is 19.4 Å². The molecule has 0 radical (unpaired) electrons. The van der Waals surface area contributed by atoms with Crippen LogP contribution in [0.4, 0.5) is 0 Å². The number of aryl methyl sites for hydroxylation is 1. The Morgan fingerprint density at radius 3 is 3.05 bits per heavy atom. The third-order valence-corrected chi connectivity index (χ3v) is 4.18. The highest BCUT2D eigenvalue weighted by Crippen LogP contribution is 2.18. The molecule has 1 aliphatic rings. The molecule has 1 aromatic heterocycles. The average Bonchev–Trinajstić information content (AvgIpc) is 2.81. The molecule has 5 nitrogen and oxygen atoms in total. The lowest BCUT2D eigenvalue weighted by atomic mass is 10.1. The fourth-order valence-electron chi connectivity index (χ4n) is 2.11. The predicted octanol–water partition coefficient (Wildman–Crippen LogP) is 1.77. The van der Waals surface area contributed by atoms with Gasteiger partial charge in [0.25, 0.3) is 0 Å². The number of carbonyl (C=O) groups is 2. The van der Waals surface area contributed by atoms with Gasteiger partial charge in [0.15, 0.2) is 0 Å². The third kappa shape index (κ3) is 3.68. The second-order valence-corrected chi connectivity index (χ2v) is 5.61. The molecule has 0 aromatic carbocycles. The van der Waals surface area contributed by atoms with Crippen LogP contribution < -0.4 is 0 Å². The summed E-state index contributed by atoms with van der Waals surface area (Å²) in [7, 11) is 0. The molecule has 1 unspecified atom stereocenters. The molecule has 20 heavy (non-hydrogen) atoms. The summed E-state index contributed by atoms with van der Waals surface area (Å²) in [4.78, 5) is 25.6. The fourth-order valence-corrected chi connectivity index (χ4v) is 2.93. The summed E-state index contributed by atoms with van der Waals surface area (Å²) in [6, 6.07) is 1.61. The minimum absolute atomic E-state index is 0.0857. The smallest absolute Gasteiger partial charge is 0.305 e. The first-order valence-corrected chi connectivity index (χ1v) is 7.28. The molecule has 6 heteroatoms. The highest BCUT2D eigenvalue weighted by Gasteiger charge is 2.27. The van der Waals surface area contributed by atoms with Gasteiger partial charge in [-0.15, -0.1) is 11.3 Å². The van der Waals surface area contributed by atoms with E-state index in [-0.39, 0.29) is 25.0 Å². The van der Waals surface area contributed by atoms with Gasteiger partial charge in [-0.3, -0.25) is 9.59 Å². The molecule has 2 heterocycles. The van der Waals surface area contributed by atoms with Crippen molar-refractivity contribution in [3.05, 3.63) is 28.0 Å². The van der Waals surface area contributed by atoms with Crippen LogP contribution in [0.25, 0.3) is 6.08 Å². The van der Waals surface area contributed by atoms with E-state index >= 15 is 0 Å². The number of ether oxygens (including phenoxy) is 1. The first-order chi connectivity index (χ1) is 9.58. The largest absolute Gasteiger partial charge is 0.481 e. The number of rotatable bonds is 4. The lowest BCUT2D eigenvalue weighted by molar-refractivity contribution is -0.143. The zero-order valence-electron chi connectivity index (χ0n) is 11.2. The number of carbonyl (C=O) groups excluding carboxylic acids is 1. The first kappa shape index (κ1) is 14.7. The monoisotopic (exact) mass is 295 g/mol. The third-order valence-electron chi connectivity index (χ3n) is 3.20. The fraction of sp³-hybridized carbons (Fsp3) is 0.429. The molecule has 1 fully saturated rings.